The van der Waals surface area contributed by atoms with Crippen molar-refractivity contribution in [2.24, 2.45) is 0 Å². The molecule has 8 heteroatoms. The number of amides is 4. The Morgan fingerprint density at radius 2 is 1.74 bits per heavy atom. The van der Waals surface area contributed by atoms with Crippen LogP contribution in [0.5, 0.6) is 0 Å². The second-order valence-electron chi connectivity index (χ2n) is 11.0. The molecule has 0 spiro atoms. The Bertz CT molecular complexity index is 1250. The van der Waals surface area contributed by atoms with Crippen LogP contribution in [0.3, 0.4) is 0 Å². The summed E-state index contributed by atoms with van der Waals surface area (Å²) in [5.41, 5.74) is 3.99. The summed E-state index contributed by atoms with van der Waals surface area (Å²) in [6.45, 7) is 2.04. The summed E-state index contributed by atoms with van der Waals surface area (Å²) >= 11 is 6.14. The van der Waals surface area contributed by atoms with Crippen LogP contribution < -0.4 is 5.32 Å². The van der Waals surface area contributed by atoms with Crippen molar-refractivity contribution in [1.82, 2.24) is 15.1 Å². The number of nitrogens with zero attached hydrogens (tertiary/aromatic N) is 2. The third-order valence-electron chi connectivity index (χ3n) is 8.37. The van der Waals surface area contributed by atoms with Crippen molar-refractivity contribution in [2.75, 3.05) is 13.1 Å². The summed E-state index contributed by atoms with van der Waals surface area (Å²) in [7, 11) is 0. The van der Waals surface area contributed by atoms with Gasteiger partial charge in [0.25, 0.3) is 5.91 Å². The van der Waals surface area contributed by atoms with Crippen molar-refractivity contribution >= 4 is 35.2 Å². The third-order valence-corrected chi connectivity index (χ3v) is 8.60. The van der Waals surface area contributed by atoms with Crippen LogP contribution in [0.2, 0.25) is 5.02 Å². The molecule has 0 saturated carbocycles. The molecule has 0 radical (unpaired) electrons. The first-order chi connectivity index (χ1) is 18.9. The number of carbonyl (C=O) groups excluding carboxylic acids is 4. The predicted octanol–water partition coefficient (Wildman–Crippen LogP) is 5.00. The van der Waals surface area contributed by atoms with E-state index in [1.54, 1.807) is 4.90 Å². The van der Waals surface area contributed by atoms with Gasteiger partial charge in [-0.25, -0.2) is 0 Å². The highest BCUT2D eigenvalue weighted by Crippen LogP contribution is 2.30. The molecule has 3 heterocycles. The highest BCUT2D eigenvalue weighted by atomic mass is 35.5. The number of imide groups is 1. The van der Waals surface area contributed by atoms with E-state index < -0.39 is 6.04 Å². The number of likely N-dealkylation sites (tertiary alicyclic amines) is 1. The van der Waals surface area contributed by atoms with Gasteiger partial charge < -0.3 is 9.80 Å². The first-order valence-electron chi connectivity index (χ1n) is 14.2. The van der Waals surface area contributed by atoms with Crippen molar-refractivity contribution in [1.29, 1.82) is 0 Å². The van der Waals surface area contributed by atoms with Gasteiger partial charge in [-0.15, -0.1) is 0 Å². The molecule has 7 nitrogen and oxygen atoms in total. The maximum absolute atomic E-state index is 13.0. The van der Waals surface area contributed by atoms with E-state index in [4.69, 9.17) is 11.6 Å². The monoisotopic (exact) mass is 549 g/mol. The Labute approximate surface area is 234 Å². The van der Waals surface area contributed by atoms with Crippen molar-refractivity contribution in [3.05, 3.63) is 69.7 Å². The first-order valence-corrected chi connectivity index (χ1v) is 14.6. The van der Waals surface area contributed by atoms with Crippen LogP contribution in [0.15, 0.2) is 42.5 Å². The van der Waals surface area contributed by atoms with Crippen LogP contribution >= 0.6 is 11.6 Å². The van der Waals surface area contributed by atoms with E-state index in [2.05, 4.69) is 17.4 Å². The smallest absolute Gasteiger partial charge is 0.255 e. The van der Waals surface area contributed by atoms with Crippen molar-refractivity contribution in [2.45, 2.75) is 82.7 Å². The van der Waals surface area contributed by atoms with Gasteiger partial charge in [0.1, 0.15) is 6.04 Å². The molecular weight excluding hydrogens is 514 g/mol. The standard InChI is InChI=1S/C31H36ClN3O4/c32-25-8-5-7-23(19-25)22-14-16-34(17-15-22)29(37)9-4-2-1-3-6-21-10-11-24-20-35(31(39)26(24)18-21)27-12-13-28(36)33-30(27)38/h5,7-8,10-11,18-19,22,27H,1-4,6,9,12-17,20H2,(H,33,36,38). The molecule has 3 aliphatic rings. The molecule has 0 bridgehead atoms. The van der Waals surface area contributed by atoms with Crippen LogP contribution in [-0.2, 0) is 27.3 Å². The number of piperidine rings is 2. The van der Waals surface area contributed by atoms with E-state index in [9.17, 15) is 19.2 Å². The lowest BCUT2D eigenvalue weighted by atomic mass is 9.89. The van der Waals surface area contributed by atoms with Gasteiger partial charge in [0.05, 0.1) is 0 Å². The number of unbranched alkanes of at least 4 members (excludes halogenated alkanes) is 3. The highest BCUT2D eigenvalue weighted by Gasteiger charge is 2.39. The van der Waals surface area contributed by atoms with Crippen LogP contribution in [0.25, 0.3) is 0 Å². The summed E-state index contributed by atoms with van der Waals surface area (Å²) in [5.74, 6) is -0.0498. The number of hydrogen-bond acceptors (Lipinski definition) is 4. The second kappa shape index (κ2) is 12.3. The summed E-state index contributed by atoms with van der Waals surface area (Å²) in [5, 5.41) is 3.12. The highest BCUT2D eigenvalue weighted by molar-refractivity contribution is 6.30. The first kappa shape index (κ1) is 27.4. The molecule has 2 aromatic rings. The van der Waals surface area contributed by atoms with Gasteiger partial charge in [0, 0.05) is 43.1 Å². The Hall–Kier alpha value is -3.19. The minimum absolute atomic E-state index is 0.128. The molecule has 5 rings (SSSR count). The van der Waals surface area contributed by atoms with Crippen molar-refractivity contribution < 1.29 is 19.2 Å². The SMILES string of the molecule is O=C1CCC(N2Cc3ccc(CCCCCCC(=O)N4CCC(c5cccc(Cl)c5)CC4)cc3C2=O)C(=O)N1. The van der Waals surface area contributed by atoms with Gasteiger partial charge in [-0.1, -0.05) is 48.7 Å². The topological polar surface area (TPSA) is 86.8 Å². The molecule has 1 atom stereocenters. The molecule has 0 aliphatic carbocycles. The molecule has 0 aromatic heterocycles. The van der Waals surface area contributed by atoms with Crippen LogP contribution in [0.4, 0.5) is 0 Å². The number of halogens is 1. The summed E-state index contributed by atoms with van der Waals surface area (Å²) < 4.78 is 0. The number of benzene rings is 2. The lowest BCUT2D eigenvalue weighted by Crippen LogP contribution is -2.52. The van der Waals surface area contributed by atoms with Gasteiger partial charge in [-0.3, -0.25) is 24.5 Å². The fraction of sp³-hybridized carbons (Fsp3) is 0.484. The fourth-order valence-electron chi connectivity index (χ4n) is 6.10. The second-order valence-corrected chi connectivity index (χ2v) is 11.5. The van der Waals surface area contributed by atoms with E-state index in [1.165, 1.54) is 5.56 Å². The minimum atomic E-state index is -0.580. The molecule has 39 heavy (non-hydrogen) atoms. The van der Waals surface area contributed by atoms with Gasteiger partial charge in [-0.2, -0.15) is 0 Å². The maximum Gasteiger partial charge on any atom is 0.255 e. The molecule has 1 N–H and O–H groups in total. The van der Waals surface area contributed by atoms with Crippen molar-refractivity contribution in [3.8, 4) is 0 Å². The van der Waals surface area contributed by atoms with E-state index in [0.29, 0.717) is 30.9 Å². The Kier molecular flexibility index (Phi) is 8.66. The van der Waals surface area contributed by atoms with Gasteiger partial charge in [0.2, 0.25) is 17.7 Å². The number of aryl methyl sites for hydroxylation is 1. The quantitative estimate of drug-likeness (QED) is 0.352. The molecule has 3 aliphatic heterocycles. The number of carbonyl (C=O) groups is 4. The Morgan fingerprint density at radius 1 is 0.949 bits per heavy atom. The molecule has 1 unspecified atom stereocenters. The zero-order chi connectivity index (χ0) is 27.4. The van der Waals surface area contributed by atoms with Crippen LogP contribution in [0.1, 0.15) is 90.8 Å². The zero-order valence-corrected chi connectivity index (χ0v) is 23.0. The number of nitrogens with one attached hydrogen (secondary N) is 1. The molecule has 2 saturated heterocycles. The predicted molar refractivity (Wildman–Crippen MR) is 149 cm³/mol. The van der Waals surface area contributed by atoms with E-state index in [-0.39, 0.29) is 30.0 Å². The fourth-order valence-corrected chi connectivity index (χ4v) is 6.30. The van der Waals surface area contributed by atoms with Gasteiger partial charge in [-0.05, 0) is 79.3 Å². The van der Waals surface area contributed by atoms with E-state index >= 15 is 0 Å². The van der Waals surface area contributed by atoms with Crippen LogP contribution in [-0.4, -0.2) is 52.6 Å². The summed E-state index contributed by atoms with van der Waals surface area (Å²) in [6, 6.07) is 13.5. The van der Waals surface area contributed by atoms with Crippen LogP contribution in [0, 0.1) is 0 Å². The number of fused-ring (bicyclic) bond motifs is 1. The third kappa shape index (κ3) is 6.52. The zero-order valence-electron chi connectivity index (χ0n) is 22.3. The molecule has 2 fully saturated rings. The Morgan fingerprint density at radius 3 is 2.51 bits per heavy atom. The summed E-state index contributed by atoms with van der Waals surface area (Å²) in [6.07, 6.45) is 8.04. The molecule has 4 amide bonds. The average Bonchev–Trinajstić information content (AvgIpc) is 3.26. The number of hydrogen-bond donors (Lipinski definition) is 1. The normalized spacial score (nSPS) is 19.8. The van der Waals surface area contributed by atoms with Gasteiger partial charge >= 0.3 is 0 Å². The molecule has 206 valence electrons. The van der Waals surface area contributed by atoms with E-state index in [0.717, 1.165) is 74.2 Å². The lowest BCUT2D eigenvalue weighted by molar-refractivity contribution is -0.137. The van der Waals surface area contributed by atoms with Gasteiger partial charge in [0.15, 0.2) is 0 Å². The van der Waals surface area contributed by atoms with Crippen molar-refractivity contribution in [3.63, 3.8) is 0 Å². The minimum Gasteiger partial charge on any atom is -0.343 e. The average molecular weight is 550 g/mol. The molecule has 2 aromatic carbocycles. The largest absolute Gasteiger partial charge is 0.343 e. The summed E-state index contributed by atoms with van der Waals surface area (Å²) in [4.78, 5) is 53.0. The Balaban J connectivity index is 0.999. The lowest BCUT2D eigenvalue weighted by Gasteiger charge is -2.32. The molecular formula is C31H36ClN3O4. The maximum atomic E-state index is 13.0. The van der Waals surface area contributed by atoms with E-state index in [1.807, 2.05) is 35.2 Å². The number of rotatable bonds is 9.